The highest BCUT2D eigenvalue weighted by Crippen LogP contribution is 2.19. The van der Waals surface area contributed by atoms with Crippen LogP contribution >= 0.6 is 0 Å². The Morgan fingerprint density at radius 1 is 1.56 bits per heavy atom. The van der Waals surface area contributed by atoms with Crippen LogP contribution in [-0.4, -0.2) is 49.1 Å². The zero-order valence-electron chi connectivity index (χ0n) is 10.6. The average Bonchev–Trinajstić information content (AvgIpc) is 2.77. The van der Waals surface area contributed by atoms with E-state index in [9.17, 15) is 8.42 Å². The van der Waals surface area contributed by atoms with Crippen LogP contribution in [0.25, 0.3) is 0 Å². The van der Waals surface area contributed by atoms with Crippen molar-refractivity contribution in [3.63, 3.8) is 0 Å². The summed E-state index contributed by atoms with van der Waals surface area (Å²) in [5.41, 5.74) is 5.76. The highest BCUT2D eigenvalue weighted by molar-refractivity contribution is 7.89. The van der Waals surface area contributed by atoms with Crippen molar-refractivity contribution in [3.8, 4) is 0 Å². The number of hydrogen-bond acceptors (Lipinski definition) is 4. The van der Waals surface area contributed by atoms with E-state index < -0.39 is 10.0 Å². The van der Waals surface area contributed by atoms with Crippen LogP contribution in [0.3, 0.4) is 0 Å². The molecule has 2 rings (SSSR count). The van der Waals surface area contributed by atoms with Crippen LogP contribution in [0.4, 0.5) is 0 Å². The molecule has 18 heavy (non-hydrogen) atoms. The molecule has 0 spiro atoms. The summed E-state index contributed by atoms with van der Waals surface area (Å²) in [6, 6.07) is 1.42. The van der Waals surface area contributed by atoms with Gasteiger partial charge in [-0.15, -0.1) is 0 Å². The van der Waals surface area contributed by atoms with E-state index in [1.807, 2.05) is 6.92 Å². The van der Waals surface area contributed by atoms with Crippen LogP contribution in [0.2, 0.25) is 0 Å². The Morgan fingerprint density at radius 3 is 2.83 bits per heavy atom. The molecule has 6 nitrogen and oxygen atoms in total. The summed E-state index contributed by atoms with van der Waals surface area (Å²) in [5, 5.41) is 0. The predicted octanol–water partition coefficient (Wildman–Crippen LogP) is -0.238. The molecule has 2 unspecified atom stereocenters. The molecule has 102 valence electrons. The van der Waals surface area contributed by atoms with Gasteiger partial charge in [0.2, 0.25) is 10.0 Å². The third-order valence-electron chi connectivity index (χ3n) is 3.09. The van der Waals surface area contributed by atoms with Gasteiger partial charge in [0.25, 0.3) is 0 Å². The van der Waals surface area contributed by atoms with Gasteiger partial charge >= 0.3 is 0 Å². The van der Waals surface area contributed by atoms with E-state index in [1.54, 1.807) is 30.1 Å². The first kappa shape index (κ1) is 13.5. The van der Waals surface area contributed by atoms with Crippen molar-refractivity contribution in [2.24, 2.45) is 12.8 Å². The molecule has 0 bridgehead atoms. The van der Waals surface area contributed by atoms with Crippen LogP contribution in [0.5, 0.6) is 0 Å². The lowest BCUT2D eigenvalue weighted by atomic mass is 10.2. The van der Waals surface area contributed by atoms with E-state index in [-0.39, 0.29) is 12.1 Å². The lowest BCUT2D eigenvalue weighted by Gasteiger charge is -2.33. The fourth-order valence-electron chi connectivity index (χ4n) is 1.97. The highest BCUT2D eigenvalue weighted by atomic mass is 32.2. The quantitative estimate of drug-likeness (QED) is 0.824. The zero-order valence-corrected chi connectivity index (χ0v) is 11.4. The molecular weight excluding hydrogens is 254 g/mol. The SMILES string of the molecule is CC(N)C1CN(S(=O)(=O)c2ccn(C)c2)CCO1. The second kappa shape index (κ2) is 5.00. The van der Waals surface area contributed by atoms with Crippen molar-refractivity contribution >= 4 is 10.0 Å². The standard InChI is InChI=1S/C11H19N3O3S/c1-9(12)11-8-14(5-6-17-11)18(15,16)10-3-4-13(2)7-10/h3-4,7,9,11H,5-6,8,12H2,1-2H3. The molecule has 2 N–H and O–H groups in total. The fraction of sp³-hybridized carbons (Fsp3) is 0.636. The molecule has 0 saturated carbocycles. The highest BCUT2D eigenvalue weighted by Gasteiger charge is 2.32. The molecule has 1 aliphatic rings. The van der Waals surface area contributed by atoms with Gasteiger partial charge in [-0.3, -0.25) is 0 Å². The molecule has 1 aliphatic heterocycles. The van der Waals surface area contributed by atoms with E-state index in [0.29, 0.717) is 24.6 Å². The number of ether oxygens (including phenoxy) is 1. The lowest BCUT2D eigenvalue weighted by molar-refractivity contribution is -0.0120. The minimum atomic E-state index is -3.43. The molecule has 0 aliphatic carbocycles. The monoisotopic (exact) mass is 273 g/mol. The molecule has 0 radical (unpaired) electrons. The topological polar surface area (TPSA) is 77.6 Å². The number of aryl methyl sites for hydroxylation is 1. The number of morpholine rings is 1. The molecule has 0 amide bonds. The maximum atomic E-state index is 12.4. The second-order valence-corrected chi connectivity index (χ2v) is 6.58. The van der Waals surface area contributed by atoms with Gasteiger partial charge in [0.15, 0.2) is 0 Å². The lowest BCUT2D eigenvalue weighted by Crippen LogP contribution is -2.51. The number of nitrogens with zero attached hydrogens (tertiary/aromatic N) is 2. The summed E-state index contributed by atoms with van der Waals surface area (Å²) in [7, 11) is -1.64. The van der Waals surface area contributed by atoms with Gasteiger partial charge < -0.3 is 15.0 Å². The first-order chi connectivity index (χ1) is 8.41. The maximum absolute atomic E-state index is 12.4. The number of nitrogens with two attached hydrogens (primary N) is 1. The van der Waals surface area contributed by atoms with Crippen molar-refractivity contribution < 1.29 is 13.2 Å². The molecule has 1 fully saturated rings. The van der Waals surface area contributed by atoms with Crippen molar-refractivity contribution in [1.29, 1.82) is 0 Å². The summed E-state index contributed by atoms with van der Waals surface area (Å²) in [6.07, 6.45) is 3.08. The largest absolute Gasteiger partial charge is 0.374 e. The second-order valence-electron chi connectivity index (χ2n) is 4.64. The molecule has 0 aromatic carbocycles. The van der Waals surface area contributed by atoms with Gasteiger partial charge in [-0.1, -0.05) is 0 Å². The Labute approximate surface area is 107 Å². The van der Waals surface area contributed by atoms with Crippen LogP contribution < -0.4 is 5.73 Å². The molecule has 1 aromatic rings. The summed E-state index contributed by atoms with van der Waals surface area (Å²) < 4.78 is 33.4. The molecular formula is C11H19N3O3S. The zero-order chi connectivity index (χ0) is 13.3. The van der Waals surface area contributed by atoms with Crippen molar-refractivity contribution in [2.45, 2.75) is 24.0 Å². The Balaban J connectivity index is 2.20. The Hall–Kier alpha value is -0.890. The third-order valence-corrected chi connectivity index (χ3v) is 4.93. The fourth-order valence-corrected chi connectivity index (χ4v) is 3.45. The Bertz CT molecular complexity index is 509. The third kappa shape index (κ3) is 2.59. The summed E-state index contributed by atoms with van der Waals surface area (Å²) in [4.78, 5) is 0.315. The summed E-state index contributed by atoms with van der Waals surface area (Å²) >= 11 is 0. The van der Waals surface area contributed by atoms with E-state index in [4.69, 9.17) is 10.5 Å². The van der Waals surface area contributed by atoms with Crippen molar-refractivity contribution in [3.05, 3.63) is 18.5 Å². The molecule has 7 heteroatoms. The van der Waals surface area contributed by atoms with E-state index in [1.165, 1.54) is 4.31 Å². The molecule has 1 aromatic heterocycles. The molecule has 2 heterocycles. The van der Waals surface area contributed by atoms with Gasteiger partial charge in [-0.2, -0.15) is 4.31 Å². The average molecular weight is 273 g/mol. The van der Waals surface area contributed by atoms with Gasteiger partial charge in [-0.05, 0) is 13.0 Å². The first-order valence-corrected chi connectivity index (χ1v) is 7.34. The molecule has 1 saturated heterocycles. The van der Waals surface area contributed by atoms with E-state index in [2.05, 4.69) is 0 Å². The van der Waals surface area contributed by atoms with Crippen LogP contribution in [0, 0.1) is 0 Å². The summed E-state index contributed by atoms with van der Waals surface area (Å²) in [5.74, 6) is 0. The number of sulfonamides is 1. The van der Waals surface area contributed by atoms with Gasteiger partial charge in [0, 0.05) is 38.6 Å². The van der Waals surface area contributed by atoms with Crippen LogP contribution in [-0.2, 0) is 21.8 Å². The van der Waals surface area contributed by atoms with Crippen molar-refractivity contribution in [2.75, 3.05) is 19.7 Å². The van der Waals surface area contributed by atoms with Crippen molar-refractivity contribution in [1.82, 2.24) is 8.87 Å². The van der Waals surface area contributed by atoms with E-state index >= 15 is 0 Å². The van der Waals surface area contributed by atoms with Gasteiger partial charge in [-0.25, -0.2) is 8.42 Å². The van der Waals surface area contributed by atoms with E-state index in [0.717, 1.165) is 0 Å². The predicted molar refractivity (Wildman–Crippen MR) is 67.6 cm³/mol. The minimum Gasteiger partial charge on any atom is -0.374 e. The van der Waals surface area contributed by atoms with Crippen LogP contribution in [0.1, 0.15) is 6.92 Å². The normalized spacial score (nSPS) is 24.1. The van der Waals surface area contributed by atoms with Crippen LogP contribution in [0.15, 0.2) is 23.4 Å². The Morgan fingerprint density at radius 2 is 2.28 bits per heavy atom. The first-order valence-electron chi connectivity index (χ1n) is 5.90. The summed E-state index contributed by atoms with van der Waals surface area (Å²) in [6.45, 7) is 2.90. The maximum Gasteiger partial charge on any atom is 0.244 e. The van der Waals surface area contributed by atoms with Gasteiger partial charge in [0.1, 0.15) is 0 Å². The number of aromatic nitrogens is 1. The Kier molecular flexibility index (Phi) is 3.76. The van der Waals surface area contributed by atoms with Gasteiger partial charge in [0.05, 0.1) is 17.6 Å². The number of hydrogen-bond donors (Lipinski definition) is 1. The molecule has 2 atom stereocenters. The number of rotatable bonds is 3. The minimum absolute atomic E-state index is 0.182. The smallest absolute Gasteiger partial charge is 0.244 e.